The average Bonchev–Trinajstić information content (AvgIpc) is 2.67. The topological polar surface area (TPSA) is 86.8 Å². The van der Waals surface area contributed by atoms with Crippen molar-refractivity contribution in [3.63, 3.8) is 0 Å². The van der Waals surface area contributed by atoms with Crippen LogP contribution in [0.2, 0.25) is 5.15 Å². The zero-order chi connectivity index (χ0) is 19.6. The van der Waals surface area contributed by atoms with Crippen LogP contribution in [0.15, 0.2) is 42.6 Å². The van der Waals surface area contributed by atoms with Crippen LogP contribution in [0.4, 0.5) is 5.69 Å². The molecule has 0 aliphatic heterocycles. The molecule has 1 aromatic heterocycles. The summed E-state index contributed by atoms with van der Waals surface area (Å²) in [5.41, 5.74) is 0.361. The fraction of sp³-hybridized carbons (Fsp3) is 0.316. The summed E-state index contributed by atoms with van der Waals surface area (Å²) in [5, 5.41) is 2.73. The number of halogens is 1. The van der Waals surface area contributed by atoms with E-state index in [0.29, 0.717) is 24.5 Å². The standard InChI is InChI=1S/C19H21ClN2O5/c1-13(19(24)22-16-5-3-11-21-18(16)20)27-17(23)6-4-12-26-15-9-7-14(25-2)8-10-15/h3,5,7-11,13H,4,6,12H2,1-2H3,(H,22,24)/t13-/m0/s1. The van der Waals surface area contributed by atoms with E-state index in [2.05, 4.69) is 10.3 Å². The highest BCUT2D eigenvalue weighted by Gasteiger charge is 2.18. The number of carbonyl (C=O) groups is 2. The molecule has 1 N–H and O–H groups in total. The van der Waals surface area contributed by atoms with Crippen LogP contribution in [0, 0.1) is 0 Å². The quantitative estimate of drug-likeness (QED) is 0.399. The van der Waals surface area contributed by atoms with Gasteiger partial charge in [0, 0.05) is 12.6 Å². The third-order valence-corrected chi connectivity index (χ3v) is 3.85. The third kappa shape index (κ3) is 6.79. The number of methoxy groups -OCH3 is 1. The third-order valence-electron chi connectivity index (χ3n) is 3.55. The molecule has 1 heterocycles. The second kappa shape index (κ2) is 10.4. The van der Waals surface area contributed by atoms with Gasteiger partial charge in [-0.2, -0.15) is 0 Å². The molecule has 0 aliphatic rings. The van der Waals surface area contributed by atoms with Gasteiger partial charge in [0.15, 0.2) is 11.3 Å². The Balaban J connectivity index is 1.68. The summed E-state index contributed by atoms with van der Waals surface area (Å²) < 4.78 is 15.7. The van der Waals surface area contributed by atoms with E-state index in [9.17, 15) is 9.59 Å². The van der Waals surface area contributed by atoms with Gasteiger partial charge in [-0.1, -0.05) is 11.6 Å². The molecule has 0 saturated carbocycles. The number of benzene rings is 1. The number of hydrogen-bond donors (Lipinski definition) is 1. The fourth-order valence-electron chi connectivity index (χ4n) is 2.10. The summed E-state index contributed by atoms with van der Waals surface area (Å²) in [5.74, 6) is 0.469. The largest absolute Gasteiger partial charge is 0.497 e. The van der Waals surface area contributed by atoms with E-state index in [1.54, 1.807) is 43.5 Å². The summed E-state index contributed by atoms with van der Waals surface area (Å²) in [7, 11) is 1.59. The summed E-state index contributed by atoms with van der Waals surface area (Å²) in [6.45, 7) is 1.85. The predicted molar refractivity (Wildman–Crippen MR) is 101 cm³/mol. The first-order chi connectivity index (χ1) is 13.0. The van der Waals surface area contributed by atoms with Crippen molar-refractivity contribution in [3.8, 4) is 11.5 Å². The molecule has 0 saturated heterocycles. The zero-order valence-electron chi connectivity index (χ0n) is 15.1. The van der Waals surface area contributed by atoms with Crippen LogP contribution in [0.3, 0.4) is 0 Å². The SMILES string of the molecule is COc1ccc(OCCCC(=O)O[C@@H](C)C(=O)Nc2cccnc2Cl)cc1. The summed E-state index contributed by atoms with van der Waals surface area (Å²) >= 11 is 5.88. The van der Waals surface area contributed by atoms with Crippen molar-refractivity contribution < 1.29 is 23.8 Å². The van der Waals surface area contributed by atoms with Gasteiger partial charge in [0.2, 0.25) is 0 Å². The lowest BCUT2D eigenvalue weighted by atomic mass is 10.3. The number of pyridine rings is 1. The van der Waals surface area contributed by atoms with Gasteiger partial charge in [-0.3, -0.25) is 9.59 Å². The van der Waals surface area contributed by atoms with Crippen LogP contribution in [0.5, 0.6) is 11.5 Å². The molecule has 144 valence electrons. The van der Waals surface area contributed by atoms with Crippen LogP contribution < -0.4 is 14.8 Å². The molecule has 0 aliphatic carbocycles. The maximum absolute atomic E-state index is 12.1. The van der Waals surface area contributed by atoms with E-state index in [4.69, 9.17) is 25.8 Å². The zero-order valence-corrected chi connectivity index (χ0v) is 15.9. The van der Waals surface area contributed by atoms with Crippen molar-refractivity contribution in [2.45, 2.75) is 25.9 Å². The summed E-state index contributed by atoms with van der Waals surface area (Å²) in [6, 6.07) is 10.4. The van der Waals surface area contributed by atoms with Gasteiger partial charge >= 0.3 is 5.97 Å². The number of esters is 1. The number of ether oxygens (including phenoxy) is 3. The minimum atomic E-state index is -0.948. The molecule has 0 bridgehead atoms. The van der Waals surface area contributed by atoms with Gasteiger partial charge in [0.05, 0.1) is 19.4 Å². The molecule has 2 rings (SSSR count). The van der Waals surface area contributed by atoms with Crippen LogP contribution in [0.25, 0.3) is 0 Å². The maximum atomic E-state index is 12.1. The van der Waals surface area contributed by atoms with Gasteiger partial charge in [-0.15, -0.1) is 0 Å². The summed E-state index contributed by atoms with van der Waals surface area (Å²) in [4.78, 5) is 27.8. The molecular formula is C19H21ClN2O5. The Morgan fingerprint density at radius 2 is 1.89 bits per heavy atom. The normalized spacial score (nSPS) is 11.4. The van der Waals surface area contributed by atoms with Crippen LogP contribution >= 0.6 is 11.6 Å². The van der Waals surface area contributed by atoms with Crippen LogP contribution in [-0.2, 0) is 14.3 Å². The van der Waals surface area contributed by atoms with E-state index >= 15 is 0 Å². The Labute approximate surface area is 162 Å². The molecular weight excluding hydrogens is 372 g/mol. The minimum absolute atomic E-state index is 0.140. The highest BCUT2D eigenvalue weighted by Crippen LogP contribution is 2.18. The van der Waals surface area contributed by atoms with Gasteiger partial charge < -0.3 is 19.5 Å². The van der Waals surface area contributed by atoms with Crippen molar-refractivity contribution in [3.05, 3.63) is 47.7 Å². The lowest BCUT2D eigenvalue weighted by Crippen LogP contribution is -2.30. The first-order valence-electron chi connectivity index (χ1n) is 8.37. The first kappa shape index (κ1) is 20.5. The van der Waals surface area contributed by atoms with Gasteiger partial charge in [0.25, 0.3) is 5.91 Å². The van der Waals surface area contributed by atoms with Crippen molar-refractivity contribution in [2.24, 2.45) is 0 Å². The Morgan fingerprint density at radius 3 is 2.56 bits per heavy atom. The molecule has 0 radical (unpaired) electrons. The van der Waals surface area contributed by atoms with Crippen molar-refractivity contribution in [1.29, 1.82) is 0 Å². The highest BCUT2D eigenvalue weighted by atomic mass is 35.5. The molecule has 27 heavy (non-hydrogen) atoms. The number of amides is 1. The van der Waals surface area contributed by atoms with Crippen molar-refractivity contribution in [1.82, 2.24) is 4.98 Å². The number of nitrogens with one attached hydrogen (secondary N) is 1. The number of anilines is 1. The number of nitrogens with zero attached hydrogens (tertiary/aromatic N) is 1. The second-order valence-corrected chi connectivity index (χ2v) is 5.95. The van der Waals surface area contributed by atoms with E-state index in [-0.39, 0.29) is 11.6 Å². The van der Waals surface area contributed by atoms with Crippen LogP contribution in [0.1, 0.15) is 19.8 Å². The molecule has 0 fully saturated rings. The van der Waals surface area contributed by atoms with Gasteiger partial charge in [-0.05, 0) is 49.7 Å². The fourth-order valence-corrected chi connectivity index (χ4v) is 2.27. The first-order valence-corrected chi connectivity index (χ1v) is 8.75. The number of aromatic nitrogens is 1. The Morgan fingerprint density at radius 1 is 1.19 bits per heavy atom. The lowest BCUT2D eigenvalue weighted by molar-refractivity contribution is -0.153. The Hall–Kier alpha value is -2.80. The molecule has 0 unspecified atom stereocenters. The summed E-state index contributed by atoms with van der Waals surface area (Å²) in [6.07, 6.45) is 1.17. The minimum Gasteiger partial charge on any atom is -0.497 e. The van der Waals surface area contributed by atoms with Gasteiger partial charge in [0.1, 0.15) is 11.5 Å². The lowest BCUT2D eigenvalue weighted by Gasteiger charge is -2.14. The average molecular weight is 393 g/mol. The van der Waals surface area contributed by atoms with Crippen molar-refractivity contribution >= 4 is 29.2 Å². The molecule has 8 heteroatoms. The second-order valence-electron chi connectivity index (χ2n) is 5.59. The molecule has 2 aromatic rings. The van der Waals surface area contributed by atoms with E-state index < -0.39 is 18.0 Å². The number of hydrogen-bond acceptors (Lipinski definition) is 6. The number of rotatable bonds is 9. The molecule has 0 spiro atoms. The van der Waals surface area contributed by atoms with E-state index in [0.717, 1.165) is 5.75 Å². The smallest absolute Gasteiger partial charge is 0.306 e. The monoisotopic (exact) mass is 392 g/mol. The highest BCUT2D eigenvalue weighted by molar-refractivity contribution is 6.32. The van der Waals surface area contributed by atoms with E-state index in [1.165, 1.54) is 13.1 Å². The molecule has 7 nitrogen and oxygen atoms in total. The number of carbonyl (C=O) groups excluding carboxylic acids is 2. The van der Waals surface area contributed by atoms with Crippen LogP contribution in [-0.4, -0.2) is 36.7 Å². The Kier molecular flexibility index (Phi) is 7.88. The van der Waals surface area contributed by atoms with E-state index in [1.807, 2.05) is 0 Å². The maximum Gasteiger partial charge on any atom is 0.306 e. The van der Waals surface area contributed by atoms with Gasteiger partial charge in [-0.25, -0.2) is 4.98 Å². The molecule has 1 amide bonds. The Bertz CT molecular complexity index is 767. The molecule has 1 aromatic carbocycles. The predicted octanol–water partition coefficient (Wildman–Crippen LogP) is 3.47. The molecule has 1 atom stereocenters. The van der Waals surface area contributed by atoms with Crippen molar-refractivity contribution in [2.75, 3.05) is 19.0 Å².